The summed E-state index contributed by atoms with van der Waals surface area (Å²) in [5, 5.41) is 1.04. The predicted octanol–water partition coefficient (Wildman–Crippen LogP) is 2.20. The molecule has 2 aromatic heterocycles. The molecular weight excluding hydrogens is 162 g/mol. The van der Waals surface area contributed by atoms with Crippen LogP contribution in [0, 0.1) is 0 Å². The van der Waals surface area contributed by atoms with Crippen LogP contribution in [0.15, 0.2) is 24.7 Å². The smallest absolute Gasteiger partial charge is 0.0589 e. The standard InChI is InChI=1S/C10H13N3/c1-7(2)13-6-9(11)8-5-12-4-3-10(8)13/h3-7H,11H2,1-2H3. The molecule has 0 saturated heterocycles. The lowest BCUT2D eigenvalue weighted by molar-refractivity contribution is 0.623. The number of aromatic nitrogens is 2. The maximum absolute atomic E-state index is 5.85. The van der Waals surface area contributed by atoms with Crippen LogP contribution in [0.1, 0.15) is 19.9 Å². The van der Waals surface area contributed by atoms with Gasteiger partial charge >= 0.3 is 0 Å². The maximum atomic E-state index is 5.85. The Morgan fingerprint density at radius 1 is 1.46 bits per heavy atom. The molecule has 0 aromatic carbocycles. The topological polar surface area (TPSA) is 43.8 Å². The SMILES string of the molecule is CC(C)n1cc(N)c2cnccc21. The van der Waals surface area contributed by atoms with E-state index >= 15 is 0 Å². The summed E-state index contributed by atoms with van der Waals surface area (Å²) in [7, 11) is 0. The van der Waals surface area contributed by atoms with Gasteiger partial charge in [-0.2, -0.15) is 0 Å². The Kier molecular flexibility index (Phi) is 1.72. The predicted molar refractivity (Wildman–Crippen MR) is 54.5 cm³/mol. The molecule has 2 heterocycles. The molecule has 13 heavy (non-hydrogen) atoms. The van der Waals surface area contributed by atoms with Gasteiger partial charge in [-0.15, -0.1) is 0 Å². The number of nitrogens with two attached hydrogens (primary N) is 1. The Hall–Kier alpha value is -1.51. The molecule has 0 aliphatic heterocycles. The van der Waals surface area contributed by atoms with Crippen LogP contribution in [0.5, 0.6) is 0 Å². The van der Waals surface area contributed by atoms with Crippen molar-refractivity contribution in [2.75, 3.05) is 5.73 Å². The summed E-state index contributed by atoms with van der Waals surface area (Å²) >= 11 is 0. The zero-order valence-electron chi connectivity index (χ0n) is 7.86. The first-order valence-electron chi connectivity index (χ1n) is 4.40. The van der Waals surface area contributed by atoms with E-state index in [0.29, 0.717) is 6.04 Å². The number of rotatable bonds is 1. The second kappa shape index (κ2) is 2.76. The van der Waals surface area contributed by atoms with Crippen molar-refractivity contribution in [2.45, 2.75) is 19.9 Å². The molecule has 2 aromatic rings. The molecule has 0 radical (unpaired) electrons. The molecule has 0 aliphatic rings. The second-order valence-electron chi connectivity index (χ2n) is 3.48. The summed E-state index contributed by atoms with van der Waals surface area (Å²) in [5.74, 6) is 0. The van der Waals surface area contributed by atoms with Gasteiger partial charge in [0.25, 0.3) is 0 Å². The van der Waals surface area contributed by atoms with Crippen molar-refractivity contribution >= 4 is 16.6 Å². The molecule has 0 amide bonds. The number of hydrogen-bond donors (Lipinski definition) is 1. The third-order valence-corrected chi connectivity index (χ3v) is 2.22. The minimum Gasteiger partial charge on any atom is -0.397 e. The molecule has 2 rings (SSSR count). The van der Waals surface area contributed by atoms with Crippen LogP contribution in [0.2, 0.25) is 0 Å². The zero-order valence-corrected chi connectivity index (χ0v) is 7.86. The van der Waals surface area contributed by atoms with Gasteiger partial charge in [-0.1, -0.05) is 0 Å². The lowest BCUT2D eigenvalue weighted by Crippen LogP contribution is -1.97. The molecule has 3 nitrogen and oxygen atoms in total. The Morgan fingerprint density at radius 3 is 2.92 bits per heavy atom. The highest BCUT2D eigenvalue weighted by molar-refractivity contribution is 5.91. The number of anilines is 1. The van der Waals surface area contributed by atoms with E-state index in [1.165, 1.54) is 0 Å². The molecule has 68 valence electrons. The monoisotopic (exact) mass is 175 g/mol. The molecule has 3 heteroatoms. The Labute approximate surface area is 77.2 Å². The van der Waals surface area contributed by atoms with Crippen molar-refractivity contribution in [1.29, 1.82) is 0 Å². The average Bonchev–Trinajstić information content (AvgIpc) is 2.45. The highest BCUT2D eigenvalue weighted by atomic mass is 15.0. The fourth-order valence-electron chi connectivity index (χ4n) is 1.55. The molecular formula is C10H13N3. The van der Waals surface area contributed by atoms with Crippen LogP contribution in [0.25, 0.3) is 10.9 Å². The van der Waals surface area contributed by atoms with Crippen LogP contribution in [-0.2, 0) is 0 Å². The van der Waals surface area contributed by atoms with Gasteiger partial charge in [0.1, 0.15) is 0 Å². The van der Waals surface area contributed by atoms with E-state index in [1.54, 1.807) is 6.20 Å². The molecule has 0 spiro atoms. The van der Waals surface area contributed by atoms with Gasteiger partial charge in [-0.05, 0) is 19.9 Å². The van der Waals surface area contributed by atoms with Crippen molar-refractivity contribution < 1.29 is 0 Å². The molecule has 0 unspecified atom stereocenters. The van der Waals surface area contributed by atoms with Gasteiger partial charge in [0.2, 0.25) is 0 Å². The first kappa shape index (κ1) is 8.10. The minimum atomic E-state index is 0.433. The van der Waals surface area contributed by atoms with Crippen LogP contribution in [0.4, 0.5) is 5.69 Å². The van der Waals surface area contributed by atoms with E-state index in [-0.39, 0.29) is 0 Å². The average molecular weight is 175 g/mol. The van der Waals surface area contributed by atoms with Crippen molar-refractivity contribution in [2.24, 2.45) is 0 Å². The lowest BCUT2D eigenvalue weighted by atomic mass is 10.3. The van der Waals surface area contributed by atoms with Crippen molar-refractivity contribution in [1.82, 2.24) is 9.55 Å². The van der Waals surface area contributed by atoms with Crippen molar-refractivity contribution in [3.63, 3.8) is 0 Å². The van der Waals surface area contributed by atoms with E-state index in [1.807, 2.05) is 18.5 Å². The van der Waals surface area contributed by atoms with E-state index < -0.39 is 0 Å². The maximum Gasteiger partial charge on any atom is 0.0589 e. The van der Waals surface area contributed by atoms with E-state index in [0.717, 1.165) is 16.6 Å². The number of hydrogen-bond acceptors (Lipinski definition) is 2. The fraction of sp³-hybridized carbons (Fsp3) is 0.300. The van der Waals surface area contributed by atoms with E-state index in [2.05, 4.69) is 23.4 Å². The van der Waals surface area contributed by atoms with Crippen molar-refractivity contribution in [3.8, 4) is 0 Å². The molecule has 0 bridgehead atoms. The Morgan fingerprint density at radius 2 is 2.23 bits per heavy atom. The van der Waals surface area contributed by atoms with Gasteiger partial charge in [0.05, 0.1) is 11.2 Å². The fourth-order valence-corrected chi connectivity index (χ4v) is 1.55. The number of fused-ring (bicyclic) bond motifs is 1. The van der Waals surface area contributed by atoms with Gasteiger partial charge in [0.15, 0.2) is 0 Å². The Bertz CT molecular complexity index is 429. The third kappa shape index (κ3) is 1.16. The largest absolute Gasteiger partial charge is 0.397 e. The highest BCUT2D eigenvalue weighted by Gasteiger charge is 2.07. The number of nitrogen functional groups attached to an aromatic ring is 1. The van der Waals surface area contributed by atoms with Gasteiger partial charge in [-0.25, -0.2) is 0 Å². The summed E-state index contributed by atoms with van der Waals surface area (Å²) in [5.41, 5.74) is 7.81. The molecule has 0 fully saturated rings. The summed E-state index contributed by atoms with van der Waals surface area (Å²) in [6, 6.07) is 2.42. The van der Waals surface area contributed by atoms with E-state index in [4.69, 9.17) is 5.73 Å². The van der Waals surface area contributed by atoms with Gasteiger partial charge in [-0.3, -0.25) is 4.98 Å². The second-order valence-corrected chi connectivity index (χ2v) is 3.48. The van der Waals surface area contributed by atoms with E-state index in [9.17, 15) is 0 Å². The normalized spacial score (nSPS) is 11.3. The summed E-state index contributed by atoms with van der Waals surface area (Å²) in [4.78, 5) is 4.05. The molecule has 0 saturated carbocycles. The van der Waals surface area contributed by atoms with Crippen LogP contribution in [0.3, 0.4) is 0 Å². The van der Waals surface area contributed by atoms with Gasteiger partial charge < -0.3 is 10.3 Å². The zero-order chi connectivity index (χ0) is 9.42. The summed E-state index contributed by atoms with van der Waals surface area (Å²) in [6.45, 7) is 4.28. The lowest BCUT2D eigenvalue weighted by Gasteiger charge is -2.07. The summed E-state index contributed by atoms with van der Waals surface area (Å²) < 4.78 is 2.16. The number of pyridine rings is 1. The molecule has 2 N–H and O–H groups in total. The van der Waals surface area contributed by atoms with Crippen molar-refractivity contribution in [3.05, 3.63) is 24.7 Å². The molecule has 0 aliphatic carbocycles. The van der Waals surface area contributed by atoms with Gasteiger partial charge in [0, 0.05) is 30.0 Å². The third-order valence-electron chi connectivity index (χ3n) is 2.22. The minimum absolute atomic E-state index is 0.433. The van der Waals surface area contributed by atoms with Crippen LogP contribution < -0.4 is 5.73 Å². The quantitative estimate of drug-likeness (QED) is 0.722. The van der Waals surface area contributed by atoms with Crippen LogP contribution in [-0.4, -0.2) is 9.55 Å². The molecule has 0 atom stereocenters. The first-order valence-corrected chi connectivity index (χ1v) is 4.40. The first-order chi connectivity index (χ1) is 6.20. The van der Waals surface area contributed by atoms with Crippen LogP contribution >= 0.6 is 0 Å². The Balaban J connectivity index is 2.78. The summed E-state index contributed by atoms with van der Waals surface area (Å²) in [6.07, 6.45) is 5.57. The highest BCUT2D eigenvalue weighted by Crippen LogP contribution is 2.24. The number of nitrogens with zero attached hydrogens (tertiary/aromatic N) is 2.